The Kier molecular flexibility index (Phi) is 5.26. The van der Waals surface area contributed by atoms with Gasteiger partial charge in [-0.3, -0.25) is 4.79 Å². The van der Waals surface area contributed by atoms with E-state index in [1.54, 1.807) is 11.8 Å². The van der Waals surface area contributed by atoms with Crippen LogP contribution in [0.4, 0.5) is 0 Å². The molecule has 1 aromatic rings. The zero-order valence-corrected chi connectivity index (χ0v) is 12.4. The van der Waals surface area contributed by atoms with Crippen LogP contribution in [-0.4, -0.2) is 12.0 Å². The highest BCUT2D eigenvalue weighted by Gasteiger charge is 2.24. The van der Waals surface area contributed by atoms with Crippen molar-refractivity contribution < 1.29 is 4.79 Å². The summed E-state index contributed by atoms with van der Waals surface area (Å²) in [6.07, 6.45) is 9.76. The third-order valence-electron chi connectivity index (χ3n) is 4.11. The number of benzene rings is 1. The lowest BCUT2D eigenvalue weighted by Crippen LogP contribution is -2.13. The first-order chi connectivity index (χ1) is 9.24. The first-order valence-corrected chi connectivity index (χ1v) is 8.27. The van der Waals surface area contributed by atoms with E-state index in [-0.39, 0.29) is 11.7 Å². The molecule has 1 aliphatic carbocycles. The largest absolute Gasteiger partial charge is 0.294 e. The molecule has 1 saturated carbocycles. The van der Waals surface area contributed by atoms with Gasteiger partial charge in [0.05, 0.1) is 0 Å². The fourth-order valence-corrected chi connectivity index (χ4v) is 3.38. The maximum atomic E-state index is 12.1. The molecule has 2 rings (SSSR count). The molecular weight excluding hydrogens is 252 g/mol. The molecule has 1 unspecified atom stereocenters. The average Bonchev–Trinajstić information content (AvgIpc) is 2.97. The smallest absolute Gasteiger partial charge is 0.162 e. The van der Waals surface area contributed by atoms with Crippen molar-refractivity contribution in [2.24, 2.45) is 5.92 Å². The quantitative estimate of drug-likeness (QED) is 0.546. The van der Waals surface area contributed by atoms with E-state index < -0.39 is 0 Å². The van der Waals surface area contributed by atoms with E-state index in [2.05, 4.69) is 37.1 Å². The third-order valence-corrected chi connectivity index (χ3v) is 4.85. The molecule has 0 amide bonds. The molecule has 0 aliphatic heterocycles. The highest BCUT2D eigenvalue weighted by molar-refractivity contribution is 7.98. The Labute approximate surface area is 120 Å². The second kappa shape index (κ2) is 6.95. The van der Waals surface area contributed by atoms with E-state index >= 15 is 0 Å². The summed E-state index contributed by atoms with van der Waals surface area (Å²) >= 11 is 1.73. The monoisotopic (exact) mass is 274 g/mol. The average molecular weight is 274 g/mol. The lowest BCUT2D eigenvalue weighted by molar-refractivity contribution is -0.116. The molecule has 0 heterocycles. The fraction of sp³-hybridized carbons (Fsp3) is 0.471. The van der Waals surface area contributed by atoms with Crippen molar-refractivity contribution in [3.8, 4) is 0 Å². The van der Waals surface area contributed by atoms with Gasteiger partial charge >= 0.3 is 0 Å². The van der Waals surface area contributed by atoms with E-state index in [0.717, 1.165) is 12.0 Å². The summed E-state index contributed by atoms with van der Waals surface area (Å²) in [6, 6.07) is 8.43. The fourth-order valence-electron chi connectivity index (χ4n) is 2.97. The number of carbonyl (C=O) groups is 1. The first-order valence-electron chi connectivity index (χ1n) is 7.05. The summed E-state index contributed by atoms with van der Waals surface area (Å²) in [5.74, 6) is 0.898. The van der Waals surface area contributed by atoms with Gasteiger partial charge in [0, 0.05) is 10.8 Å². The number of hydrogen-bond acceptors (Lipinski definition) is 2. The van der Waals surface area contributed by atoms with E-state index in [1.165, 1.54) is 36.7 Å². The van der Waals surface area contributed by atoms with Crippen molar-refractivity contribution in [3.05, 3.63) is 42.5 Å². The van der Waals surface area contributed by atoms with Gasteiger partial charge in [0.1, 0.15) is 0 Å². The van der Waals surface area contributed by atoms with Crippen LogP contribution < -0.4 is 0 Å². The van der Waals surface area contributed by atoms with Crippen LogP contribution in [0, 0.1) is 5.92 Å². The van der Waals surface area contributed by atoms with Crippen LogP contribution in [0.2, 0.25) is 0 Å². The highest BCUT2D eigenvalue weighted by atomic mass is 32.2. The number of thioether (sulfide) groups is 1. The first kappa shape index (κ1) is 14.4. The molecule has 1 nitrogen and oxygen atoms in total. The van der Waals surface area contributed by atoms with Gasteiger partial charge in [0.25, 0.3) is 0 Å². The van der Waals surface area contributed by atoms with Gasteiger partial charge in [-0.15, -0.1) is 11.8 Å². The number of carbonyl (C=O) groups excluding carboxylic acids is 1. The molecule has 1 fully saturated rings. The van der Waals surface area contributed by atoms with Crippen molar-refractivity contribution in [2.45, 2.75) is 42.9 Å². The highest BCUT2D eigenvalue weighted by Crippen LogP contribution is 2.35. The van der Waals surface area contributed by atoms with Gasteiger partial charge in [0.2, 0.25) is 0 Å². The number of rotatable bonds is 6. The van der Waals surface area contributed by atoms with Gasteiger partial charge in [-0.2, -0.15) is 0 Å². The molecule has 19 heavy (non-hydrogen) atoms. The van der Waals surface area contributed by atoms with Gasteiger partial charge in [-0.1, -0.05) is 44.4 Å². The van der Waals surface area contributed by atoms with Crippen LogP contribution in [0.3, 0.4) is 0 Å². The number of ketones is 1. The van der Waals surface area contributed by atoms with Crippen LogP contribution >= 0.6 is 11.8 Å². The second-order valence-electron chi connectivity index (χ2n) is 5.32. The van der Waals surface area contributed by atoms with Crippen molar-refractivity contribution in [3.63, 3.8) is 0 Å². The Bertz CT molecular complexity index is 429. The Morgan fingerprint density at radius 2 is 2.00 bits per heavy atom. The molecule has 0 spiro atoms. The van der Waals surface area contributed by atoms with E-state index in [9.17, 15) is 4.79 Å². The summed E-state index contributed by atoms with van der Waals surface area (Å²) in [5.41, 5.74) is 1.15. The molecule has 0 radical (unpaired) electrons. The maximum absolute atomic E-state index is 12.1. The topological polar surface area (TPSA) is 17.1 Å². The van der Waals surface area contributed by atoms with Gasteiger partial charge in [-0.25, -0.2) is 0 Å². The van der Waals surface area contributed by atoms with Crippen LogP contribution in [-0.2, 0) is 4.79 Å². The standard InChI is InChI=1S/C17H22OS/c1-3-17(18)16(12-13-6-4-5-7-13)14-8-10-15(19-2)11-9-14/h3,8-11,13,16H,1,4-7,12H2,2H3. The lowest BCUT2D eigenvalue weighted by atomic mass is 9.85. The van der Waals surface area contributed by atoms with Crippen LogP contribution in [0.5, 0.6) is 0 Å². The summed E-state index contributed by atoms with van der Waals surface area (Å²) in [7, 11) is 0. The molecular formula is C17H22OS. The molecule has 0 bridgehead atoms. The Morgan fingerprint density at radius 3 is 2.53 bits per heavy atom. The minimum absolute atomic E-state index is 0.0107. The maximum Gasteiger partial charge on any atom is 0.162 e. The molecule has 0 saturated heterocycles. The van der Waals surface area contributed by atoms with Crippen molar-refractivity contribution in [1.82, 2.24) is 0 Å². The molecule has 0 N–H and O–H groups in total. The van der Waals surface area contributed by atoms with Crippen molar-refractivity contribution in [2.75, 3.05) is 6.26 Å². The summed E-state index contributed by atoms with van der Waals surface area (Å²) in [5, 5.41) is 0. The number of hydrogen-bond donors (Lipinski definition) is 0. The summed E-state index contributed by atoms with van der Waals surface area (Å²) < 4.78 is 0. The van der Waals surface area contributed by atoms with Crippen LogP contribution in [0.1, 0.15) is 43.6 Å². The summed E-state index contributed by atoms with van der Waals surface area (Å²) in [4.78, 5) is 13.4. The summed E-state index contributed by atoms with van der Waals surface area (Å²) in [6.45, 7) is 3.66. The zero-order chi connectivity index (χ0) is 13.7. The van der Waals surface area contributed by atoms with Crippen LogP contribution in [0.25, 0.3) is 0 Å². The minimum Gasteiger partial charge on any atom is -0.294 e. The Morgan fingerprint density at radius 1 is 1.37 bits per heavy atom. The van der Waals surface area contributed by atoms with Gasteiger partial charge in [-0.05, 0) is 42.4 Å². The normalized spacial score (nSPS) is 17.3. The zero-order valence-electron chi connectivity index (χ0n) is 11.6. The lowest BCUT2D eigenvalue weighted by Gasteiger charge is -2.19. The van der Waals surface area contributed by atoms with Crippen LogP contribution in [0.15, 0.2) is 41.8 Å². The number of allylic oxidation sites excluding steroid dienone is 1. The molecule has 102 valence electrons. The van der Waals surface area contributed by atoms with E-state index in [4.69, 9.17) is 0 Å². The Hall–Kier alpha value is -1.02. The molecule has 1 aliphatic rings. The predicted octanol–water partition coefficient (Wildman–Crippen LogP) is 4.83. The third kappa shape index (κ3) is 3.73. The van der Waals surface area contributed by atoms with Crippen molar-refractivity contribution in [1.29, 1.82) is 0 Å². The molecule has 2 heteroatoms. The van der Waals surface area contributed by atoms with Gasteiger partial charge < -0.3 is 0 Å². The Balaban J connectivity index is 2.15. The molecule has 1 atom stereocenters. The SMILES string of the molecule is C=CC(=O)C(CC1CCCC1)c1ccc(SC)cc1. The van der Waals surface area contributed by atoms with Gasteiger partial charge in [0.15, 0.2) is 5.78 Å². The minimum atomic E-state index is 0.0107. The second-order valence-corrected chi connectivity index (χ2v) is 6.20. The van der Waals surface area contributed by atoms with Crippen molar-refractivity contribution >= 4 is 17.5 Å². The van der Waals surface area contributed by atoms with E-state index in [0.29, 0.717) is 5.92 Å². The van der Waals surface area contributed by atoms with E-state index in [1.807, 2.05) is 0 Å². The molecule has 0 aromatic heterocycles. The predicted molar refractivity (Wildman–Crippen MR) is 82.7 cm³/mol. The molecule has 1 aromatic carbocycles.